The van der Waals surface area contributed by atoms with E-state index >= 15 is 0 Å². The van der Waals surface area contributed by atoms with Crippen LogP contribution in [0.1, 0.15) is 59.2 Å². The molecule has 0 unspecified atom stereocenters. The summed E-state index contributed by atoms with van der Waals surface area (Å²) >= 11 is 0. The third-order valence-electron chi connectivity index (χ3n) is 6.75. The molecule has 0 amide bonds. The second-order valence-corrected chi connectivity index (χ2v) is 9.51. The Hall–Kier alpha value is -3.30. The Bertz CT molecular complexity index is 1010. The minimum Gasteiger partial charge on any atom is -0.461 e. The Morgan fingerprint density at radius 1 is 0.676 bits per heavy atom. The highest BCUT2D eigenvalue weighted by Crippen LogP contribution is 2.16. The van der Waals surface area contributed by atoms with E-state index < -0.39 is 0 Å². The molecule has 0 spiro atoms. The lowest BCUT2D eigenvalue weighted by molar-refractivity contribution is 0.0443. The second-order valence-electron chi connectivity index (χ2n) is 9.51. The molecule has 2 fully saturated rings. The highest BCUT2D eigenvalue weighted by Gasteiger charge is 2.13. The van der Waals surface area contributed by atoms with Gasteiger partial charge in [-0.25, -0.2) is 9.59 Å². The van der Waals surface area contributed by atoms with Gasteiger partial charge in [0.25, 0.3) is 0 Å². The van der Waals surface area contributed by atoms with Crippen LogP contribution in [0.25, 0.3) is 0 Å². The summed E-state index contributed by atoms with van der Waals surface area (Å²) in [6.07, 6.45) is 7.46. The third-order valence-corrected chi connectivity index (χ3v) is 6.75. The average Bonchev–Trinajstić information content (AvgIpc) is 2.95. The molecule has 9 heteroatoms. The summed E-state index contributed by atoms with van der Waals surface area (Å²) in [4.78, 5) is 29.2. The Kier molecular flexibility index (Phi) is 10.4. The summed E-state index contributed by atoms with van der Waals surface area (Å²) in [7, 11) is 0. The quantitative estimate of drug-likeness (QED) is 0.257. The molecule has 4 rings (SSSR count). The predicted molar refractivity (Wildman–Crippen MR) is 142 cm³/mol. The molecule has 9 nitrogen and oxygen atoms in total. The van der Waals surface area contributed by atoms with Crippen LogP contribution >= 0.6 is 0 Å². The molecule has 2 heterocycles. The van der Waals surface area contributed by atoms with Gasteiger partial charge in [0.15, 0.2) is 0 Å². The number of hydrogen-bond acceptors (Lipinski definition) is 8. The summed E-state index contributed by atoms with van der Waals surface area (Å²) in [5.74, 6) is -0.654. The fourth-order valence-corrected chi connectivity index (χ4v) is 4.55. The maximum absolute atomic E-state index is 12.3. The van der Waals surface area contributed by atoms with Crippen LogP contribution in [0.3, 0.4) is 0 Å². The molecule has 2 aliphatic heterocycles. The molecule has 198 valence electrons. The summed E-state index contributed by atoms with van der Waals surface area (Å²) in [6, 6.07) is 13.7. The highest BCUT2D eigenvalue weighted by molar-refractivity contribution is 5.90. The molecule has 2 aromatic rings. The topological polar surface area (TPSA) is 95.8 Å². The molecule has 37 heavy (non-hydrogen) atoms. The zero-order chi connectivity index (χ0) is 25.7. The van der Waals surface area contributed by atoms with Crippen molar-refractivity contribution < 1.29 is 19.1 Å². The summed E-state index contributed by atoms with van der Waals surface area (Å²) in [6.45, 7) is 6.71. The number of nitrogens with one attached hydrogen (secondary N) is 1. The molecule has 0 aromatic heterocycles. The molecule has 2 aromatic carbocycles. The molecule has 0 bridgehead atoms. The number of carbonyl (C=O) groups excluding carboxylic acids is 2. The van der Waals surface area contributed by atoms with Crippen molar-refractivity contribution in [3.05, 3.63) is 59.7 Å². The van der Waals surface area contributed by atoms with Crippen molar-refractivity contribution in [1.29, 1.82) is 0 Å². The molecule has 2 aliphatic rings. The molecule has 1 N–H and O–H groups in total. The molecule has 2 saturated heterocycles. The Labute approximate surface area is 218 Å². The van der Waals surface area contributed by atoms with E-state index in [4.69, 9.17) is 9.47 Å². The summed E-state index contributed by atoms with van der Waals surface area (Å²) in [5, 5.41) is 8.12. The van der Waals surface area contributed by atoms with Crippen LogP contribution in [0, 0.1) is 0 Å². The summed E-state index contributed by atoms with van der Waals surface area (Å²) < 4.78 is 10.8. The van der Waals surface area contributed by atoms with Gasteiger partial charge in [-0.1, -0.05) is 18.1 Å². The van der Waals surface area contributed by atoms with Gasteiger partial charge in [0.2, 0.25) is 0 Å². The van der Waals surface area contributed by atoms with E-state index in [0.717, 1.165) is 39.3 Å². The van der Waals surface area contributed by atoms with Gasteiger partial charge in [-0.15, -0.1) is 5.11 Å². The number of benzene rings is 2. The molecule has 0 radical (unpaired) electrons. The van der Waals surface area contributed by atoms with Gasteiger partial charge in [0.05, 0.1) is 22.5 Å². The minimum absolute atomic E-state index is 0.324. The maximum Gasteiger partial charge on any atom is 0.338 e. The van der Waals surface area contributed by atoms with Crippen molar-refractivity contribution in [2.45, 2.75) is 38.5 Å². The third kappa shape index (κ3) is 8.94. The molecular weight excluding hydrogens is 470 g/mol. The predicted octanol–water partition coefficient (Wildman–Crippen LogP) is 5.08. The van der Waals surface area contributed by atoms with Gasteiger partial charge in [-0.05, 0) is 100 Å². The van der Waals surface area contributed by atoms with Crippen LogP contribution < -0.4 is 5.43 Å². The van der Waals surface area contributed by atoms with Gasteiger partial charge in [-0.2, -0.15) is 0 Å². The first-order valence-corrected chi connectivity index (χ1v) is 13.3. The fourth-order valence-electron chi connectivity index (χ4n) is 4.55. The largest absolute Gasteiger partial charge is 0.461 e. The van der Waals surface area contributed by atoms with E-state index in [-0.39, 0.29) is 11.9 Å². The molecule has 0 aliphatic carbocycles. The zero-order valence-electron chi connectivity index (χ0n) is 21.4. The van der Waals surface area contributed by atoms with Crippen LogP contribution in [-0.2, 0) is 9.47 Å². The summed E-state index contributed by atoms with van der Waals surface area (Å²) in [5.41, 5.74) is 5.13. The Morgan fingerprint density at radius 3 is 1.62 bits per heavy atom. The van der Waals surface area contributed by atoms with Crippen molar-refractivity contribution in [2.24, 2.45) is 10.3 Å². The van der Waals surface area contributed by atoms with Gasteiger partial charge < -0.3 is 9.47 Å². The van der Waals surface area contributed by atoms with Crippen LogP contribution in [-0.4, -0.2) is 74.2 Å². The maximum atomic E-state index is 12.3. The normalized spacial score (nSPS) is 17.0. The van der Waals surface area contributed by atoms with Crippen LogP contribution in [0.4, 0.5) is 11.4 Å². The van der Waals surface area contributed by atoms with Crippen molar-refractivity contribution in [1.82, 2.24) is 9.80 Å². The van der Waals surface area contributed by atoms with Gasteiger partial charge in [0, 0.05) is 13.1 Å². The van der Waals surface area contributed by atoms with Crippen molar-refractivity contribution in [2.75, 3.05) is 57.9 Å². The number of carbonyl (C=O) groups is 2. The van der Waals surface area contributed by atoms with E-state index in [1.165, 1.54) is 38.5 Å². The van der Waals surface area contributed by atoms with E-state index in [2.05, 4.69) is 25.6 Å². The monoisotopic (exact) mass is 507 g/mol. The standard InChI is InChI=1S/C28H37N5O4/c34-27(36-21-19-32-15-3-1-4-16-32)23-7-11-25(12-8-23)29-31-30-26-13-9-24(10-14-26)28(35)37-22-20-33-17-5-2-6-18-33/h7-14H,1-6,15-22H2,(H,29,30). The number of anilines is 1. The van der Waals surface area contributed by atoms with Crippen molar-refractivity contribution >= 4 is 23.3 Å². The SMILES string of the molecule is O=C(OCCN1CCCCC1)c1ccc(N=NNc2ccc(C(=O)OCCN3CCCCC3)cc2)cc1. The number of hydrogen-bond donors (Lipinski definition) is 1. The first kappa shape index (κ1) is 26.8. The number of nitrogens with zero attached hydrogens (tertiary/aromatic N) is 4. The highest BCUT2D eigenvalue weighted by atomic mass is 16.5. The van der Waals surface area contributed by atoms with Gasteiger partial charge in [0.1, 0.15) is 13.2 Å². The fraction of sp³-hybridized carbons (Fsp3) is 0.500. The molecular formula is C28H37N5O4. The second kappa shape index (κ2) is 14.4. The van der Waals surface area contributed by atoms with Crippen LogP contribution in [0.15, 0.2) is 58.9 Å². The number of esters is 2. The van der Waals surface area contributed by atoms with E-state index in [9.17, 15) is 9.59 Å². The lowest BCUT2D eigenvalue weighted by Gasteiger charge is -2.25. The van der Waals surface area contributed by atoms with Crippen molar-refractivity contribution in [3.8, 4) is 0 Å². The van der Waals surface area contributed by atoms with E-state index in [1.807, 2.05) is 0 Å². The van der Waals surface area contributed by atoms with Crippen LogP contribution in [0.2, 0.25) is 0 Å². The van der Waals surface area contributed by atoms with Crippen LogP contribution in [0.5, 0.6) is 0 Å². The first-order chi connectivity index (χ1) is 18.2. The van der Waals surface area contributed by atoms with E-state index in [1.54, 1.807) is 48.5 Å². The lowest BCUT2D eigenvalue weighted by atomic mass is 10.1. The number of rotatable bonds is 11. The number of likely N-dealkylation sites (tertiary alicyclic amines) is 2. The molecule has 0 saturated carbocycles. The minimum atomic E-state index is -0.330. The number of ether oxygens (including phenoxy) is 2. The Morgan fingerprint density at radius 2 is 1.14 bits per heavy atom. The lowest BCUT2D eigenvalue weighted by Crippen LogP contribution is -2.33. The number of piperidine rings is 2. The van der Waals surface area contributed by atoms with E-state index in [0.29, 0.717) is 35.7 Å². The Balaban J connectivity index is 1.15. The average molecular weight is 508 g/mol. The van der Waals surface area contributed by atoms with Crippen molar-refractivity contribution in [3.63, 3.8) is 0 Å². The smallest absolute Gasteiger partial charge is 0.338 e. The van der Waals surface area contributed by atoms with Gasteiger partial charge in [-0.3, -0.25) is 15.2 Å². The zero-order valence-corrected chi connectivity index (χ0v) is 21.4. The van der Waals surface area contributed by atoms with Gasteiger partial charge >= 0.3 is 11.9 Å². The molecule has 0 atom stereocenters. The first-order valence-electron chi connectivity index (χ1n) is 13.3.